The van der Waals surface area contributed by atoms with Gasteiger partial charge in [-0.3, -0.25) is 4.98 Å². The van der Waals surface area contributed by atoms with E-state index in [2.05, 4.69) is 25.4 Å². The third-order valence-electron chi connectivity index (χ3n) is 6.13. The van der Waals surface area contributed by atoms with Crippen molar-refractivity contribution in [3.05, 3.63) is 48.8 Å². The highest BCUT2D eigenvalue weighted by Gasteiger charge is 2.36. The van der Waals surface area contributed by atoms with Gasteiger partial charge in [-0.15, -0.1) is 0 Å². The van der Waals surface area contributed by atoms with Crippen molar-refractivity contribution in [1.29, 1.82) is 0 Å². The number of rotatable bonds is 5. The molecule has 3 saturated heterocycles. The molecule has 3 aliphatic rings. The van der Waals surface area contributed by atoms with Gasteiger partial charge in [0.25, 0.3) is 0 Å². The predicted octanol–water partition coefficient (Wildman–Crippen LogP) is 1.98. The first-order chi connectivity index (χ1) is 17.7. The van der Waals surface area contributed by atoms with Gasteiger partial charge in [0, 0.05) is 49.0 Å². The van der Waals surface area contributed by atoms with Crippen LogP contribution in [0.4, 0.5) is 28.1 Å². The number of aromatic nitrogens is 4. The molecule has 5 heterocycles. The highest BCUT2D eigenvalue weighted by molar-refractivity contribution is 5.99. The zero-order valence-electron chi connectivity index (χ0n) is 19.5. The van der Waals surface area contributed by atoms with Crippen LogP contribution in [0.15, 0.2) is 48.8 Å². The smallest absolute Gasteiger partial charge is 0.323 e. The molecule has 186 valence electrons. The van der Waals surface area contributed by atoms with Crippen molar-refractivity contribution in [2.24, 2.45) is 0 Å². The third-order valence-corrected chi connectivity index (χ3v) is 6.13. The number of anilines is 4. The summed E-state index contributed by atoms with van der Waals surface area (Å²) in [6, 6.07) is 10.5. The largest absolute Gasteiger partial charge is 0.378 e. The molecule has 2 amide bonds. The van der Waals surface area contributed by atoms with Crippen LogP contribution in [0.3, 0.4) is 0 Å². The second-order valence-corrected chi connectivity index (χ2v) is 8.68. The number of carbonyl (C=O) groups excluding carboxylic acids is 1. The van der Waals surface area contributed by atoms with Crippen LogP contribution >= 0.6 is 0 Å². The van der Waals surface area contributed by atoms with Gasteiger partial charge in [-0.2, -0.15) is 15.0 Å². The molecule has 0 saturated carbocycles. The van der Waals surface area contributed by atoms with Gasteiger partial charge >= 0.3 is 6.03 Å². The Labute approximate surface area is 207 Å². The van der Waals surface area contributed by atoms with Crippen LogP contribution in [-0.4, -0.2) is 84.4 Å². The summed E-state index contributed by atoms with van der Waals surface area (Å²) >= 11 is 0. The fourth-order valence-electron chi connectivity index (χ4n) is 4.32. The number of nitrogens with one attached hydrogen (secondary N) is 2. The standard InChI is InChI=1S/C24H26N8O4/c33-24(27-18-5-7-25-8-6-18)26-17-3-1-16(2-4-17)21-28-22(31-9-11-34-12-10-31)30-23(29-21)32-13-19-15-35-20(14-32)36-19/h1-8,19-20H,9-15H2,(H2,25,26,27,33). The number of hydrogen-bond donors (Lipinski definition) is 2. The number of benzene rings is 1. The summed E-state index contributed by atoms with van der Waals surface area (Å²) in [6.07, 6.45) is 2.99. The van der Waals surface area contributed by atoms with E-state index in [0.29, 0.717) is 62.0 Å². The number of carbonyl (C=O) groups is 1. The molecule has 0 spiro atoms. The van der Waals surface area contributed by atoms with Gasteiger partial charge in [0.2, 0.25) is 11.9 Å². The Kier molecular flexibility index (Phi) is 6.28. The van der Waals surface area contributed by atoms with Crippen LogP contribution in [0.25, 0.3) is 11.4 Å². The zero-order chi connectivity index (χ0) is 24.3. The summed E-state index contributed by atoms with van der Waals surface area (Å²) < 4.78 is 17.0. The van der Waals surface area contributed by atoms with E-state index in [-0.39, 0.29) is 18.4 Å². The summed E-state index contributed by atoms with van der Waals surface area (Å²) in [7, 11) is 0. The molecular weight excluding hydrogens is 464 g/mol. The van der Waals surface area contributed by atoms with Gasteiger partial charge in [-0.05, 0) is 36.4 Å². The molecule has 2 N–H and O–H groups in total. The summed E-state index contributed by atoms with van der Waals surface area (Å²) in [5, 5.41) is 5.60. The van der Waals surface area contributed by atoms with E-state index < -0.39 is 0 Å². The average Bonchev–Trinajstić information content (AvgIpc) is 3.27. The zero-order valence-corrected chi connectivity index (χ0v) is 19.5. The molecule has 3 aliphatic heterocycles. The predicted molar refractivity (Wildman–Crippen MR) is 132 cm³/mol. The molecule has 1 aromatic carbocycles. The van der Waals surface area contributed by atoms with Crippen molar-refractivity contribution in [2.45, 2.75) is 12.4 Å². The monoisotopic (exact) mass is 490 g/mol. The maximum atomic E-state index is 12.3. The quantitative estimate of drug-likeness (QED) is 0.548. The maximum absolute atomic E-state index is 12.3. The minimum Gasteiger partial charge on any atom is -0.378 e. The Morgan fingerprint density at radius 2 is 1.56 bits per heavy atom. The number of urea groups is 1. The van der Waals surface area contributed by atoms with E-state index in [1.54, 1.807) is 24.5 Å². The Bertz CT molecular complexity index is 1190. The fourth-order valence-corrected chi connectivity index (χ4v) is 4.32. The number of amides is 2. The Morgan fingerprint density at radius 3 is 2.28 bits per heavy atom. The molecule has 12 heteroatoms. The Balaban J connectivity index is 1.23. The van der Waals surface area contributed by atoms with Crippen molar-refractivity contribution >= 4 is 29.3 Å². The van der Waals surface area contributed by atoms with Crippen LogP contribution in [0, 0.1) is 0 Å². The third kappa shape index (κ3) is 5.05. The van der Waals surface area contributed by atoms with Crippen LogP contribution in [0.1, 0.15) is 0 Å². The lowest BCUT2D eigenvalue weighted by Crippen LogP contribution is -2.44. The fraction of sp³-hybridized carbons (Fsp3) is 0.375. The minimum absolute atomic E-state index is 0.0134. The minimum atomic E-state index is -0.338. The van der Waals surface area contributed by atoms with Crippen LogP contribution < -0.4 is 20.4 Å². The molecule has 2 bridgehead atoms. The Hall–Kier alpha value is -3.87. The van der Waals surface area contributed by atoms with E-state index in [4.69, 9.17) is 29.2 Å². The number of ether oxygens (including phenoxy) is 3. The molecule has 12 nitrogen and oxygen atoms in total. The summed E-state index contributed by atoms with van der Waals surface area (Å²) in [6.45, 7) is 4.52. The normalized spacial score (nSPS) is 21.3. The topological polar surface area (TPSA) is 127 Å². The van der Waals surface area contributed by atoms with Crippen molar-refractivity contribution in [3.8, 4) is 11.4 Å². The molecule has 3 aromatic rings. The SMILES string of the molecule is O=C(Nc1ccncc1)Nc1ccc(-c2nc(N3CCOCC3)nc(N3CC4COC(C3)O4)n2)cc1. The molecular formula is C24H26N8O4. The van der Waals surface area contributed by atoms with Crippen LogP contribution in [-0.2, 0) is 14.2 Å². The molecule has 6 rings (SSSR count). The van der Waals surface area contributed by atoms with Crippen LogP contribution in [0.2, 0.25) is 0 Å². The van der Waals surface area contributed by atoms with Gasteiger partial charge < -0.3 is 34.6 Å². The maximum Gasteiger partial charge on any atom is 0.323 e. The lowest BCUT2D eigenvalue weighted by molar-refractivity contribution is -0.0628. The summed E-state index contributed by atoms with van der Waals surface area (Å²) in [4.78, 5) is 34.8. The first kappa shape index (κ1) is 22.6. The average molecular weight is 491 g/mol. The van der Waals surface area contributed by atoms with E-state index in [1.165, 1.54) is 0 Å². The van der Waals surface area contributed by atoms with Crippen molar-refractivity contribution in [1.82, 2.24) is 19.9 Å². The number of nitrogens with zero attached hydrogens (tertiary/aromatic N) is 6. The lowest BCUT2D eigenvalue weighted by atomic mass is 10.2. The van der Waals surface area contributed by atoms with Crippen molar-refractivity contribution in [3.63, 3.8) is 0 Å². The second-order valence-electron chi connectivity index (χ2n) is 8.68. The summed E-state index contributed by atoms with van der Waals surface area (Å²) in [5.41, 5.74) is 2.13. The van der Waals surface area contributed by atoms with Gasteiger partial charge in [-0.25, -0.2) is 4.79 Å². The number of pyridine rings is 1. The molecule has 2 atom stereocenters. The highest BCUT2D eigenvalue weighted by Crippen LogP contribution is 2.27. The van der Waals surface area contributed by atoms with E-state index in [1.807, 2.05) is 24.3 Å². The van der Waals surface area contributed by atoms with E-state index in [0.717, 1.165) is 18.7 Å². The molecule has 0 radical (unpaired) electrons. The molecule has 3 fully saturated rings. The molecule has 36 heavy (non-hydrogen) atoms. The first-order valence-electron chi connectivity index (χ1n) is 11.9. The summed E-state index contributed by atoms with van der Waals surface area (Å²) in [5.74, 6) is 1.79. The van der Waals surface area contributed by atoms with Crippen LogP contribution in [0.5, 0.6) is 0 Å². The van der Waals surface area contributed by atoms with E-state index in [9.17, 15) is 4.79 Å². The first-order valence-corrected chi connectivity index (χ1v) is 11.9. The van der Waals surface area contributed by atoms with Crippen molar-refractivity contribution < 1.29 is 19.0 Å². The van der Waals surface area contributed by atoms with Gasteiger partial charge in [0.15, 0.2) is 12.1 Å². The van der Waals surface area contributed by atoms with Gasteiger partial charge in [-0.1, -0.05) is 0 Å². The highest BCUT2D eigenvalue weighted by atomic mass is 16.7. The molecule has 2 unspecified atom stereocenters. The van der Waals surface area contributed by atoms with Gasteiger partial charge in [0.05, 0.1) is 26.4 Å². The van der Waals surface area contributed by atoms with E-state index >= 15 is 0 Å². The number of fused-ring (bicyclic) bond motifs is 2. The van der Waals surface area contributed by atoms with Crippen molar-refractivity contribution in [2.75, 3.05) is 66.4 Å². The number of hydrogen-bond acceptors (Lipinski definition) is 10. The Morgan fingerprint density at radius 1 is 0.861 bits per heavy atom. The lowest BCUT2D eigenvalue weighted by Gasteiger charge is -2.32. The van der Waals surface area contributed by atoms with Gasteiger partial charge in [0.1, 0.15) is 6.10 Å². The second kappa shape index (κ2) is 10.0. The molecule has 0 aliphatic carbocycles. The number of morpholine rings is 2. The molecule has 2 aromatic heterocycles.